The molecule has 0 spiro atoms. The van der Waals surface area contributed by atoms with Crippen molar-refractivity contribution in [2.45, 2.75) is 19.9 Å². The summed E-state index contributed by atoms with van der Waals surface area (Å²) in [5.74, 6) is 0.0413. The van der Waals surface area contributed by atoms with Gasteiger partial charge in [-0.3, -0.25) is 9.69 Å². The van der Waals surface area contributed by atoms with Crippen molar-refractivity contribution in [3.8, 4) is 11.3 Å². The SMILES string of the molecule is Cc1ccc(-c2[nH]c3ccccc3c2C2c3ccccc3C(=O)N2c2ccc(C)cc2)cc1. The van der Waals surface area contributed by atoms with Crippen molar-refractivity contribution in [3.05, 3.63) is 125 Å². The Bertz CT molecular complexity index is 1490. The first-order valence-electron chi connectivity index (χ1n) is 11.3. The van der Waals surface area contributed by atoms with Gasteiger partial charge in [0, 0.05) is 27.7 Å². The quantitative estimate of drug-likeness (QED) is 0.324. The smallest absolute Gasteiger partial charge is 0.259 e. The average molecular weight is 429 g/mol. The summed E-state index contributed by atoms with van der Waals surface area (Å²) in [7, 11) is 0. The van der Waals surface area contributed by atoms with E-state index in [1.54, 1.807) is 0 Å². The van der Waals surface area contributed by atoms with E-state index >= 15 is 0 Å². The third-order valence-corrected chi connectivity index (χ3v) is 6.63. The molecule has 3 heteroatoms. The van der Waals surface area contributed by atoms with Gasteiger partial charge in [-0.1, -0.05) is 83.9 Å². The van der Waals surface area contributed by atoms with Crippen molar-refractivity contribution in [1.29, 1.82) is 0 Å². The van der Waals surface area contributed by atoms with Crippen LogP contribution < -0.4 is 4.90 Å². The molecule has 0 bridgehead atoms. The van der Waals surface area contributed by atoms with Gasteiger partial charge in [-0.05, 0) is 49.2 Å². The van der Waals surface area contributed by atoms with Crippen molar-refractivity contribution in [1.82, 2.24) is 4.98 Å². The van der Waals surface area contributed by atoms with Gasteiger partial charge in [-0.25, -0.2) is 0 Å². The summed E-state index contributed by atoms with van der Waals surface area (Å²) in [5.41, 5.74) is 9.50. The van der Waals surface area contributed by atoms with E-state index in [4.69, 9.17) is 0 Å². The summed E-state index contributed by atoms with van der Waals surface area (Å²) in [6, 6.07) is 33.0. The molecule has 0 saturated heterocycles. The number of aromatic amines is 1. The van der Waals surface area contributed by atoms with Crippen molar-refractivity contribution >= 4 is 22.5 Å². The molecule has 1 unspecified atom stereocenters. The fourth-order valence-electron chi connectivity index (χ4n) is 4.97. The number of nitrogens with one attached hydrogen (secondary N) is 1. The second kappa shape index (κ2) is 7.49. The molecule has 160 valence electrons. The Morgan fingerprint density at radius 1 is 0.727 bits per heavy atom. The number of para-hydroxylation sites is 1. The molecule has 1 aromatic heterocycles. The van der Waals surface area contributed by atoms with Gasteiger partial charge in [0.25, 0.3) is 5.91 Å². The van der Waals surface area contributed by atoms with Crippen LogP contribution in [0.25, 0.3) is 22.2 Å². The zero-order valence-electron chi connectivity index (χ0n) is 18.7. The fraction of sp³-hybridized carbons (Fsp3) is 0.100. The molecule has 1 amide bonds. The van der Waals surface area contributed by atoms with Crippen LogP contribution in [0.5, 0.6) is 0 Å². The molecule has 2 heterocycles. The molecule has 1 aliphatic rings. The number of hydrogen-bond acceptors (Lipinski definition) is 1. The number of nitrogens with zero attached hydrogens (tertiary/aromatic N) is 1. The largest absolute Gasteiger partial charge is 0.354 e. The van der Waals surface area contributed by atoms with Crippen molar-refractivity contribution < 1.29 is 4.79 Å². The lowest BCUT2D eigenvalue weighted by Gasteiger charge is -2.27. The number of anilines is 1. The Hall–Kier alpha value is -4.11. The minimum absolute atomic E-state index is 0.0413. The number of hydrogen-bond donors (Lipinski definition) is 1. The molecule has 5 aromatic rings. The van der Waals surface area contributed by atoms with E-state index in [-0.39, 0.29) is 11.9 Å². The normalized spacial score (nSPS) is 15.3. The highest BCUT2D eigenvalue weighted by Crippen LogP contribution is 2.47. The highest BCUT2D eigenvalue weighted by atomic mass is 16.2. The standard InChI is InChI=1S/C30H24N2O/c1-19-11-15-21(16-12-19)28-27(25-9-5-6-10-26(25)31-28)29-23-7-3-4-8-24(23)30(33)32(29)22-17-13-20(2)14-18-22/h3-18,29,31H,1-2H3. The molecular weight excluding hydrogens is 404 g/mol. The van der Waals surface area contributed by atoms with Gasteiger partial charge in [-0.15, -0.1) is 0 Å². The number of fused-ring (bicyclic) bond motifs is 2. The maximum absolute atomic E-state index is 13.7. The van der Waals surface area contributed by atoms with Crippen LogP contribution in [0.3, 0.4) is 0 Å². The van der Waals surface area contributed by atoms with Crippen LogP contribution in [0, 0.1) is 13.8 Å². The molecule has 1 aliphatic heterocycles. The van der Waals surface area contributed by atoms with Crippen LogP contribution in [0.1, 0.15) is 38.7 Å². The third-order valence-electron chi connectivity index (χ3n) is 6.63. The molecule has 0 fully saturated rings. The molecule has 1 N–H and O–H groups in total. The van der Waals surface area contributed by atoms with Crippen LogP contribution in [0.4, 0.5) is 5.69 Å². The predicted molar refractivity (Wildman–Crippen MR) is 135 cm³/mol. The Kier molecular flexibility index (Phi) is 4.44. The average Bonchev–Trinajstić information content (AvgIpc) is 3.35. The van der Waals surface area contributed by atoms with Gasteiger partial charge in [0.2, 0.25) is 0 Å². The predicted octanol–water partition coefficient (Wildman–Crippen LogP) is 7.20. The van der Waals surface area contributed by atoms with Crippen LogP contribution >= 0.6 is 0 Å². The second-order valence-corrected chi connectivity index (χ2v) is 8.83. The first-order valence-corrected chi connectivity index (χ1v) is 11.3. The minimum Gasteiger partial charge on any atom is -0.354 e. The lowest BCUT2D eigenvalue weighted by Crippen LogP contribution is -2.28. The molecule has 0 radical (unpaired) electrons. The first-order chi connectivity index (χ1) is 16.1. The first kappa shape index (κ1) is 19.6. The third kappa shape index (κ3) is 3.08. The van der Waals surface area contributed by atoms with E-state index in [2.05, 4.69) is 79.5 Å². The lowest BCUT2D eigenvalue weighted by atomic mass is 9.93. The molecule has 0 saturated carbocycles. The Balaban J connectivity index is 1.66. The molecule has 4 aromatic carbocycles. The molecular formula is C30H24N2O. The highest BCUT2D eigenvalue weighted by Gasteiger charge is 2.41. The number of aromatic nitrogens is 1. The van der Waals surface area contributed by atoms with Crippen molar-refractivity contribution in [3.63, 3.8) is 0 Å². The van der Waals surface area contributed by atoms with Gasteiger partial charge in [0.1, 0.15) is 0 Å². The fourth-order valence-corrected chi connectivity index (χ4v) is 4.97. The number of amides is 1. The van der Waals surface area contributed by atoms with Crippen LogP contribution in [0.15, 0.2) is 97.1 Å². The number of benzene rings is 4. The van der Waals surface area contributed by atoms with Crippen molar-refractivity contribution in [2.24, 2.45) is 0 Å². The number of carbonyl (C=O) groups excluding carboxylic acids is 1. The van der Waals surface area contributed by atoms with Gasteiger partial charge in [-0.2, -0.15) is 0 Å². The molecule has 0 aliphatic carbocycles. The number of rotatable bonds is 3. The highest BCUT2D eigenvalue weighted by molar-refractivity contribution is 6.13. The topological polar surface area (TPSA) is 36.1 Å². The minimum atomic E-state index is -0.219. The van der Waals surface area contributed by atoms with E-state index < -0.39 is 0 Å². The summed E-state index contributed by atoms with van der Waals surface area (Å²) in [5, 5.41) is 1.14. The number of carbonyl (C=O) groups is 1. The van der Waals surface area contributed by atoms with Gasteiger partial charge >= 0.3 is 0 Å². The Morgan fingerprint density at radius 3 is 2.12 bits per heavy atom. The monoisotopic (exact) mass is 428 g/mol. The van der Waals surface area contributed by atoms with Crippen LogP contribution in [-0.4, -0.2) is 10.9 Å². The molecule has 3 nitrogen and oxygen atoms in total. The summed E-state index contributed by atoms with van der Waals surface area (Å²) >= 11 is 0. The van der Waals surface area contributed by atoms with E-state index in [0.29, 0.717) is 0 Å². The van der Waals surface area contributed by atoms with Gasteiger partial charge in [0.15, 0.2) is 0 Å². The van der Waals surface area contributed by atoms with E-state index in [1.165, 1.54) is 11.1 Å². The molecule has 1 atom stereocenters. The van der Waals surface area contributed by atoms with E-state index in [0.717, 1.165) is 44.5 Å². The Morgan fingerprint density at radius 2 is 1.36 bits per heavy atom. The Labute approximate surface area is 193 Å². The maximum Gasteiger partial charge on any atom is 0.259 e. The zero-order valence-corrected chi connectivity index (χ0v) is 18.7. The number of aryl methyl sites for hydroxylation is 2. The van der Waals surface area contributed by atoms with E-state index in [1.807, 2.05) is 41.3 Å². The van der Waals surface area contributed by atoms with Crippen LogP contribution in [-0.2, 0) is 0 Å². The summed E-state index contributed by atoms with van der Waals surface area (Å²) in [6.07, 6.45) is 0. The summed E-state index contributed by atoms with van der Waals surface area (Å²) < 4.78 is 0. The molecule has 6 rings (SSSR count). The van der Waals surface area contributed by atoms with Crippen molar-refractivity contribution in [2.75, 3.05) is 4.90 Å². The number of H-pyrrole nitrogens is 1. The zero-order chi connectivity index (χ0) is 22.5. The molecule has 33 heavy (non-hydrogen) atoms. The summed E-state index contributed by atoms with van der Waals surface area (Å²) in [4.78, 5) is 19.4. The second-order valence-electron chi connectivity index (χ2n) is 8.83. The van der Waals surface area contributed by atoms with Gasteiger partial charge in [0.05, 0.1) is 11.7 Å². The maximum atomic E-state index is 13.7. The lowest BCUT2D eigenvalue weighted by molar-refractivity contribution is 0.0993. The van der Waals surface area contributed by atoms with E-state index in [9.17, 15) is 4.79 Å². The van der Waals surface area contributed by atoms with Crippen LogP contribution in [0.2, 0.25) is 0 Å². The van der Waals surface area contributed by atoms with Gasteiger partial charge < -0.3 is 4.98 Å². The summed E-state index contributed by atoms with van der Waals surface area (Å²) in [6.45, 7) is 4.16.